The molecule has 1 aliphatic heterocycles. The minimum Gasteiger partial charge on any atom is -0.494 e. The van der Waals surface area contributed by atoms with E-state index >= 15 is 0 Å². The van der Waals surface area contributed by atoms with Crippen molar-refractivity contribution in [1.29, 1.82) is 0 Å². The quantitative estimate of drug-likeness (QED) is 0.922. The number of aliphatic hydroxyl groups excluding tert-OH is 1. The molecule has 3 nitrogen and oxygen atoms in total. The number of likely N-dealkylation sites (tertiary alicyclic amines) is 1. The Labute approximate surface area is 126 Å². The molecule has 1 aliphatic rings. The number of hydrogen-bond acceptors (Lipinski definition) is 3. The van der Waals surface area contributed by atoms with Crippen LogP contribution in [0.1, 0.15) is 51.2 Å². The number of aliphatic hydroxyl groups is 1. The van der Waals surface area contributed by atoms with E-state index in [2.05, 4.69) is 4.90 Å². The van der Waals surface area contributed by atoms with Crippen molar-refractivity contribution in [2.24, 2.45) is 0 Å². The van der Waals surface area contributed by atoms with Crippen molar-refractivity contribution in [2.45, 2.75) is 51.2 Å². The van der Waals surface area contributed by atoms with Crippen molar-refractivity contribution in [3.8, 4) is 5.75 Å². The van der Waals surface area contributed by atoms with Gasteiger partial charge in [-0.2, -0.15) is 0 Å². The van der Waals surface area contributed by atoms with Crippen LogP contribution in [0, 0.1) is 5.82 Å². The minimum absolute atomic E-state index is 0.207. The van der Waals surface area contributed by atoms with E-state index in [1.165, 1.54) is 26.0 Å². The molecule has 1 heterocycles. The first-order valence-corrected chi connectivity index (χ1v) is 7.73. The molecule has 2 rings (SSSR count). The second kappa shape index (κ2) is 6.75. The highest BCUT2D eigenvalue weighted by Crippen LogP contribution is 2.34. The van der Waals surface area contributed by atoms with Gasteiger partial charge in [0.05, 0.1) is 13.2 Å². The molecule has 1 N–H and O–H groups in total. The second-order valence-corrected chi connectivity index (χ2v) is 6.35. The molecule has 0 aromatic heterocycles. The molecule has 0 radical (unpaired) electrons. The lowest BCUT2D eigenvalue weighted by Crippen LogP contribution is -2.48. The van der Waals surface area contributed by atoms with Gasteiger partial charge in [0.2, 0.25) is 0 Å². The molecule has 1 saturated heterocycles. The summed E-state index contributed by atoms with van der Waals surface area (Å²) in [5, 5.41) is 10.7. The Hall–Kier alpha value is -1.13. The standard InChI is InChI=1S/C17H26FNO2/c1-17(2,19-10-6-4-5-7-11-19)16(20)13-8-9-15(21-3)14(18)12-13/h8-9,12,16,20H,4-7,10-11H2,1-3H3. The summed E-state index contributed by atoms with van der Waals surface area (Å²) >= 11 is 0. The van der Waals surface area contributed by atoms with E-state index in [-0.39, 0.29) is 5.75 Å². The van der Waals surface area contributed by atoms with Crippen molar-refractivity contribution >= 4 is 0 Å². The van der Waals surface area contributed by atoms with E-state index in [1.807, 2.05) is 13.8 Å². The van der Waals surface area contributed by atoms with Crippen LogP contribution in [0.3, 0.4) is 0 Å². The Morgan fingerprint density at radius 3 is 2.33 bits per heavy atom. The third-order valence-electron chi connectivity index (χ3n) is 4.58. The first-order valence-electron chi connectivity index (χ1n) is 7.73. The fourth-order valence-corrected chi connectivity index (χ4v) is 3.08. The van der Waals surface area contributed by atoms with Gasteiger partial charge in [0, 0.05) is 5.54 Å². The number of hydrogen-bond donors (Lipinski definition) is 1. The highest BCUT2D eigenvalue weighted by molar-refractivity contribution is 5.31. The summed E-state index contributed by atoms with van der Waals surface area (Å²) in [4.78, 5) is 2.33. The predicted octanol–water partition coefficient (Wildman–Crippen LogP) is 3.52. The van der Waals surface area contributed by atoms with Gasteiger partial charge in [0.25, 0.3) is 0 Å². The first-order chi connectivity index (χ1) is 9.96. The van der Waals surface area contributed by atoms with Crippen LogP contribution in [0.4, 0.5) is 4.39 Å². The zero-order valence-electron chi connectivity index (χ0n) is 13.2. The number of ether oxygens (including phenoxy) is 1. The number of rotatable bonds is 4. The number of benzene rings is 1. The fourth-order valence-electron chi connectivity index (χ4n) is 3.08. The third-order valence-corrected chi connectivity index (χ3v) is 4.58. The smallest absolute Gasteiger partial charge is 0.165 e. The number of halogens is 1. The number of nitrogens with zero attached hydrogens (tertiary/aromatic N) is 1. The van der Waals surface area contributed by atoms with Gasteiger partial charge < -0.3 is 9.84 Å². The Morgan fingerprint density at radius 1 is 1.19 bits per heavy atom. The zero-order chi connectivity index (χ0) is 15.5. The molecular weight excluding hydrogens is 269 g/mol. The highest BCUT2D eigenvalue weighted by Gasteiger charge is 2.35. The maximum atomic E-state index is 13.9. The molecule has 1 unspecified atom stereocenters. The summed E-state index contributed by atoms with van der Waals surface area (Å²) < 4.78 is 18.8. The van der Waals surface area contributed by atoms with Crippen molar-refractivity contribution in [3.05, 3.63) is 29.6 Å². The van der Waals surface area contributed by atoms with Crippen molar-refractivity contribution in [1.82, 2.24) is 4.90 Å². The molecule has 0 saturated carbocycles. The normalized spacial score (nSPS) is 19.1. The largest absolute Gasteiger partial charge is 0.494 e. The molecule has 1 fully saturated rings. The van der Waals surface area contributed by atoms with Gasteiger partial charge in [-0.3, -0.25) is 4.90 Å². The van der Waals surface area contributed by atoms with E-state index in [9.17, 15) is 9.50 Å². The monoisotopic (exact) mass is 295 g/mol. The summed E-state index contributed by atoms with van der Waals surface area (Å²) in [6.07, 6.45) is 4.09. The molecular formula is C17H26FNO2. The van der Waals surface area contributed by atoms with Crippen molar-refractivity contribution in [2.75, 3.05) is 20.2 Å². The zero-order valence-corrected chi connectivity index (χ0v) is 13.2. The molecule has 118 valence electrons. The molecule has 21 heavy (non-hydrogen) atoms. The number of methoxy groups -OCH3 is 1. The molecule has 0 spiro atoms. The Kier molecular flexibility index (Phi) is 5.22. The van der Waals surface area contributed by atoms with Gasteiger partial charge in [0.1, 0.15) is 0 Å². The van der Waals surface area contributed by atoms with Crippen molar-refractivity contribution in [3.63, 3.8) is 0 Å². The molecule has 0 amide bonds. The third kappa shape index (κ3) is 3.55. The maximum Gasteiger partial charge on any atom is 0.165 e. The summed E-state index contributed by atoms with van der Waals surface area (Å²) in [5.74, 6) is -0.223. The lowest BCUT2D eigenvalue weighted by molar-refractivity contribution is -0.0102. The van der Waals surface area contributed by atoms with E-state index < -0.39 is 17.5 Å². The van der Waals surface area contributed by atoms with Gasteiger partial charge in [-0.15, -0.1) is 0 Å². The minimum atomic E-state index is -0.726. The molecule has 1 aromatic carbocycles. The van der Waals surface area contributed by atoms with Crippen LogP contribution >= 0.6 is 0 Å². The molecule has 1 atom stereocenters. The highest BCUT2D eigenvalue weighted by atomic mass is 19.1. The maximum absolute atomic E-state index is 13.9. The SMILES string of the molecule is COc1ccc(C(O)C(C)(C)N2CCCCCC2)cc1F. The lowest BCUT2D eigenvalue weighted by atomic mass is 9.89. The molecule has 1 aromatic rings. The summed E-state index contributed by atoms with van der Waals surface area (Å²) in [6.45, 7) is 6.04. The summed E-state index contributed by atoms with van der Waals surface area (Å²) in [7, 11) is 1.44. The van der Waals surface area contributed by atoms with Crippen molar-refractivity contribution < 1.29 is 14.2 Å². The average molecular weight is 295 g/mol. The first kappa shape index (κ1) is 16.2. The van der Waals surface area contributed by atoms with Gasteiger partial charge in [-0.1, -0.05) is 18.9 Å². The van der Waals surface area contributed by atoms with Gasteiger partial charge in [0.15, 0.2) is 11.6 Å². The van der Waals surface area contributed by atoms with Crippen LogP contribution in [0.2, 0.25) is 0 Å². The lowest BCUT2D eigenvalue weighted by Gasteiger charge is -2.41. The predicted molar refractivity (Wildman–Crippen MR) is 82.0 cm³/mol. The Balaban J connectivity index is 2.19. The topological polar surface area (TPSA) is 32.7 Å². The molecule has 4 heteroatoms. The van der Waals surface area contributed by atoms with E-state index in [1.54, 1.807) is 12.1 Å². The van der Waals surface area contributed by atoms with Crippen LogP contribution in [-0.4, -0.2) is 35.7 Å². The van der Waals surface area contributed by atoms with E-state index in [4.69, 9.17) is 4.74 Å². The van der Waals surface area contributed by atoms with Crippen LogP contribution in [-0.2, 0) is 0 Å². The summed E-state index contributed by atoms with van der Waals surface area (Å²) in [5.41, 5.74) is 0.188. The van der Waals surface area contributed by atoms with E-state index in [0.717, 1.165) is 25.9 Å². The van der Waals surface area contributed by atoms with Crippen LogP contribution in [0.25, 0.3) is 0 Å². The summed E-state index contributed by atoms with van der Waals surface area (Å²) in [6, 6.07) is 4.70. The van der Waals surface area contributed by atoms with E-state index in [0.29, 0.717) is 5.56 Å². The van der Waals surface area contributed by atoms with Gasteiger partial charge in [-0.05, 0) is 57.5 Å². The van der Waals surface area contributed by atoms with Gasteiger partial charge in [-0.25, -0.2) is 4.39 Å². The Bertz CT molecular complexity index is 468. The molecule has 0 aliphatic carbocycles. The van der Waals surface area contributed by atoms with Gasteiger partial charge >= 0.3 is 0 Å². The van der Waals surface area contributed by atoms with Crippen LogP contribution in [0.5, 0.6) is 5.75 Å². The Morgan fingerprint density at radius 2 is 1.81 bits per heavy atom. The molecule has 0 bridgehead atoms. The average Bonchev–Trinajstić information content (AvgIpc) is 2.75. The van der Waals surface area contributed by atoms with Crippen LogP contribution in [0.15, 0.2) is 18.2 Å². The fraction of sp³-hybridized carbons (Fsp3) is 0.647. The van der Waals surface area contributed by atoms with Crippen LogP contribution < -0.4 is 4.74 Å². The second-order valence-electron chi connectivity index (χ2n) is 6.35.